The predicted molar refractivity (Wildman–Crippen MR) is 51.1 cm³/mol. The molecular weight excluding hydrogens is 188 g/mol. The van der Waals surface area contributed by atoms with Gasteiger partial charge in [-0.15, -0.1) is 6.42 Å². The van der Waals surface area contributed by atoms with Crippen LogP contribution in [0.1, 0.15) is 26.2 Å². The lowest BCUT2D eigenvalue weighted by molar-refractivity contribution is 0.555. The first kappa shape index (κ1) is 10.5. The highest BCUT2D eigenvalue weighted by molar-refractivity contribution is 7.87. The Kier molecular flexibility index (Phi) is 3.31. The molecule has 4 nitrogen and oxygen atoms in total. The highest BCUT2D eigenvalue weighted by Gasteiger charge is 2.27. The Morgan fingerprint density at radius 1 is 1.62 bits per heavy atom. The second-order valence-corrected chi connectivity index (χ2v) is 4.62. The first-order valence-electron chi connectivity index (χ1n) is 4.33. The minimum Gasteiger partial charge on any atom is -0.199 e. The van der Waals surface area contributed by atoms with Crippen LogP contribution < -0.4 is 9.44 Å². The van der Waals surface area contributed by atoms with Gasteiger partial charge in [-0.05, 0) is 19.3 Å². The third kappa shape index (κ3) is 3.77. The Morgan fingerprint density at radius 2 is 2.23 bits per heavy atom. The third-order valence-electron chi connectivity index (χ3n) is 1.81. The van der Waals surface area contributed by atoms with Gasteiger partial charge in [0, 0.05) is 6.04 Å². The first-order valence-corrected chi connectivity index (χ1v) is 5.81. The van der Waals surface area contributed by atoms with Gasteiger partial charge in [-0.1, -0.05) is 12.8 Å². The molecule has 0 aromatic rings. The molecule has 0 aromatic carbocycles. The van der Waals surface area contributed by atoms with Gasteiger partial charge in [-0.3, -0.25) is 0 Å². The summed E-state index contributed by atoms with van der Waals surface area (Å²) in [6.07, 6.45) is 7.58. The summed E-state index contributed by atoms with van der Waals surface area (Å²) in [6.45, 7) is 1.84. The molecule has 0 saturated heterocycles. The summed E-state index contributed by atoms with van der Waals surface area (Å²) >= 11 is 0. The van der Waals surface area contributed by atoms with Crippen LogP contribution in [0.25, 0.3) is 0 Å². The maximum absolute atomic E-state index is 11.3. The van der Waals surface area contributed by atoms with Crippen LogP contribution in [0.2, 0.25) is 0 Å². The van der Waals surface area contributed by atoms with E-state index in [1.54, 1.807) is 0 Å². The molecular formula is C8H14N2O2S. The van der Waals surface area contributed by atoms with Crippen LogP contribution in [0.3, 0.4) is 0 Å². The predicted octanol–water partition coefficient (Wildman–Crippen LogP) is -0.0154. The number of hydrogen-bond acceptors (Lipinski definition) is 2. The molecule has 1 unspecified atom stereocenters. The minimum atomic E-state index is -3.38. The summed E-state index contributed by atoms with van der Waals surface area (Å²) in [6, 6.07) is -0.288. The largest absolute Gasteiger partial charge is 0.278 e. The number of terminal acetylenes is 1. The van der Waals surface area contributed by atoms with E-state index in [0.717, 1.165) is 12.8 Å². The monoisotopic (exact) mass is 202 g/mol. The molecule has 1 atom stereocenters. The molecule has 74 valence electrons. The van der Waals surface area contributed by atoms with E-state index in [4.69, 9.17) is 6.42 Å². The van der Waals surface area contributed by atoms with Crippen LogP contribution in [0, 0.1) is 12.3 Å². The average Bonchev–Trinajstić information content (AvgIpc) is 2.83. The van der Waals surface area contributed by atoms with Crippen LogP contribution in [0.15, 0.2) is 0 Å². The standard InChI is InChI=1S/C8H14N2O2S/c1-3-7(4-2)9-13(11,12)10-8-5-6-8/h1,7-10H,4-6H2,2H3. The number of rotatable bonds is 5. The van der Waals surface area contributed by atoms with E-state index in [1.165, 1.54) is 0 Å². The van der Waals surface area contributed by atoms with Crippen LogP contribution in [0.5, 0.6) is 0 Å². The highest BCUT2D eigenvalue weighted by Crippen LogP contribution is 2.19. The van der Waals surface area contributed by atoms with Crippen molar-refractivity contribution in [3.8, 4) is 12.3 Å². The van der Waals surface area contributed by atoms with E-state index < -0.39 is 16.3 Å². The fourth-order valence-electron chi connectivity index (χ4n) is 0.877. The van der Waals surface area contributed by atoms with Crippen LogP contribution >= 0.6 is 0 Å². The van der Waals surface area contributed by atoms with E-state index in [2.05, 4.69) is 15.4 Å². The van der Waals surface area contributed by atoms with Crippen molar-refractivity contribution in [2.75, 3.05) is 0 Å². The van der Waals surface area contributed by atoms with Crippen molar-refractivity contribution in [2.45, 2.75) is 38.3 Å². The smallest absolute Gasteiger partial charge is 0.199 e. The van der Waals surface area contributed by atoms with E-state index in [0.29, 0.717) is 6.42 Å². The lowest BCUT2D eigenvalue weighted by atomic mass is 10.3. The Morgan fingerprint density at radius 3 is 2.62 bits per heavy atom. The van der Waals surface area contributed by atoms with Crippen LogP contribution in [-0.4, -0.2) is 20.5 Å². The maximum atomic E-state index is 11.3. The van der Waals surface area contributed by atoms with Gasteiger partial charge in [-0.2, -0.15) is 17.9 Å². The van der Waals surface area contributed by atoms with Gasteiger partial charge in [0.15, 0.2) is 0 Å². The zero-order chi connectivity index (χ0) is 9.90. The van der Waals surface area contributed by atoms with Gasteiger partial charge in [-0.25, -0.2) is 0 Å². The zero-order valence-corrected chi connectivity index (χ0v) is 8.39. The van der Waals surface area contributed by atoms with E-state index in [-0.39, 0.29) is 6.04 Å². The molecule has 1 saturated carbocycles. The number of nitrogens with one attached hydrogen (secondary N) is 2. The average molecular weight is 202 g/mol. The lowest BCUT2D eigenvalue weighted by Crippen LogP contribution is -2.42. The molecule has 0 radical (unpaired) electrons. The van der Waals surface area contributed by atoms with E-state index in [9.17, 15) is 8.42 Å². The second-order valence-electron chi connectivity index (χ2n) is 3.14. The van der Waals surface area contributed by atoms with Crippen molar-refractivity contribution in [3.63, 3.8) is 0 Å². The van der Waals surface area contributed by atoms with Gasteiger partial charge in [0.25, 0.3) is 10.2 Å². The van der Waals surface area contributed by atoms with Crippen LogP contribution in [0.4, 0.5) is 0 Å². The number of hydrogen-bond donors (Lipinski definition) is 2. The zero-order valence-electron chi connectivity index (χ0n) is 7.58. The third-order valence-corrected chi connectivity index (χ3v) is 3.04. The molecule has 1 aliphatic carbocycles. The molecule has 2 N–H and O–H groups in total. The van der Waals surface area contributed by atoms with Crippen molar-refractivity contribution in [1.82, 2.24) is 9.44 Å². The van der Waals surface area contributed by atoms with Crippen LogP contribution in [-0.2, 0) is 10.2 Å². The molecule has 13 heavy (non-hydrogen) atoms. The SMILES string of the molecule is C#CC(CC)NS(=O)(=O)NC1CC1. The quantitative estimate of drug-likeness (QED) is 0.616. The molecule has 1 rings (SSSR count). The molecule has 5 heteroatoms. The normalized spacial score (nSPS) is 19.4. The second kappa shape index (κ2) is 4.09. The Labute approximate surface area is 79.3 Å². The topological polar surface area (TPSA) is 58.2 Å². The van der Waals surface area contributed by atoms with Gasteiger partial charge in [0.1, 0.15) is 0 Å². The minimum absolute atomic E-state index is 0.118. The van der Waals surface area contributed by atoms with Gasteiger partial charge in [0.05, 0.1) is 6.04 Å². The van der Waals surface area contributed by atoms with Crippen molar-refractivity contribution >= 4 is 10.2 Å². The molecule has 1 fully saturated rings. The molecule has 0 heterocycles. The van der Waals surface area contributed by atoms with E-state index >= 15 is 0 Å². The molecule has 0 amide bonds. The fourth-order valence-corrected chi connectivity index (χ4v) is 2.23. The molecule has 0 aromatic heterocycles. The summed E-state index contributed by atoms with van der Waals surface area (Å²) in [5.74, 6) is 2.37. The summed E-state index contributed by atoms with van der Waals surface area (Å²) in [5.41, 5.74) is 0. The first-order chi connectivity index (χ1) is 6.07. The van der Waals surface area contributed by atoms with Gasteiger partial charge < -0.3 is 0 Å². The molecule has 0 spiro atoms. The maximum Gasteiger partial charge on any atom is 0.278 e. The Hall–Kier alpha value is -0.570. The lowest BCUT2D eigenvalue weighted by Gasteiger charge is -2.11. The summed E-state index contributed by atoms with van der Waals surface area (Å²) in [4.78, 5) is 0. The molecule has 0 bridgehead atoms. The van der Waals surface area contributed by atoms with Crippen molar-refractivity contribution in [1.29, 1.82) is 0 Å². The van der Waals surface area contributed by atoms with Gasteiger partial charge >= 0.3 is 0 Å². The Balaban J connectivity index is 2.45. The summed E-state index contributed by atoms with van der Waals surface area (Å²) < 4.78 is 27.5. The molecule has 0 aliphatic heterocycles. The van der Waals surface area contributed by atoms with E-state index in [1.807, 2.05) is 6.92 Å². The van der Waals surface area contributed by atoms with Crippen molar-refractivity contribution < 1.29 is 8.42 Å². The Bertz CT molecular complexity index is 301. The summed E-state index contributed by atoms with van der Waals surface area (Å²) in [7, 11) is -3.38. The van der Waals surface area contributed by atoms with Gasteiger partial charge in [0.2, 0.25) is 0 Å². The van der Waals surface area contributed by atoms with Crippen molar-refractivity contribution in [2.24, 2.45) is 0 Å². The summed E-state index contributed by atoms with van der Waals surface area (Å²) in [5, 5.41) is 0. The van der Waals surface area contributed by atoms with Crippen molar-refractivity contribution in [3.05, 3.63) is 0 Å². The fraction of sp³-hybridized carbons (Fsp3) is 0.750. The highest BCUT2D eigenvalue weighted by atomic mass is 32.2. The molecule has 1 aliphatic rings.